The Morgan fingerprint density at radius 3 is 2.85 bits per heavy atom. The van der Waals surface area contributed by atoms with Crippen molar-refractivity contribution < 1.29 is 0 Å². The zero-order chi connectivity index (χ0) is 14.5. The first kappa shape index (κ1) is 14.5. The van der Waals surface area contributed by atoms with Gasteiger partial charge in [-0.2, -0.15) is 5.10 Å². The van der Waals surface area contributed by atoms with Crippen molar-refractivity contribution >= 4 is 35.1 Å². The van der Waals surface area contributed by atoms with E-state index in [0.29, 0.717) is 0 Å². The van der Waals surface area contributed by atoms with Gasteiger partial charge < -0.3 is 10.3 Å². The molecule has 104 valence electrons. The van der Waals surface area contributed by atoms with Crippen LogP contribution in [0.1, 0.15) is 17.0 Å². The molecule has 1 aromatic heterocycles. The van der Waals surface area contributed by atoms with E-state index in [1.165, 1.54) is 0 Å². The minimum Gasteiger partial charge on any atom is -0.375 e. The van der Waals surface area contributed by atoms with Crippen molar-refractivity contribution in [3.05, 3.63) is 52.6 Å². The third kappa shape index (κ3) is 3.79. The topological polar surface area (TPSA) is 68.2 Å². The van der Waals surface area contributed by atoms with E-state index in [2.05, 4.69) is 27.7 Å². The van der Waals surface area contributed by atoms with Gasteiger partial charge in [0.2, 0.25) is 0 Å². The highest BCUT2D eigenvalue weighted by molar-refractivity contribution is 7.80. The number of nitrogens with two attached hydrogens (primary N) is 1. The van der Waals surface area contributed by atoms with Gasteiger partial charge in [0, 0.05) is 17.3 Å². The van der Waals surface area contributed by atoms with Gasteiger partial charge in [-0.1, -0.05) is 23.7 Å². The SMILES string of the molecule is Cc1c(C=NNC(N)=S)ncn1Cc1ccc(Cl)cc1. The van der Waals surface area contributed by atoms with E-state index in [9.17, 15) is 0 Å². The molecule has 0 aliphatic carbocycles. The second-order valence-corrected chi connectivity index (χ2v) is 5.08. The smallest absolute Gasteiger partial charge is 0.184 e. The number of thiocarbonyl (C=S) groups is 1. The summed E-state index contributed by atoms with van der Waals surface area (Å²) < 4.78 is 2.03. The molecule has 0 saturated carbocycles. The van der Waals surface area contributed by atoms with Crippen LogP contribution in [0.25, 0.3) is 0 Å². The van der Waals surface area contributed by atoms with Crippen LogP contribution in [0.5, 0.6) is 0 Å². The lowest BCUT2D eigenvalue weighted by molar-refractivity contribution is 0.770. The summed E-state index contributed by atoms with van der Waals surface area (Å²) in [4.78, 5) is 4.29. The van der Waals surface area contributed by atoms with Crippen LogP contribution in [-0.2, 0) is 6.54 Å². The molecular weight excluding hydrogens is 294 g/mol. The lowest BCUT2D eigenvalue weighted by Crippen LogP contribution is -2.24. The van der Waals surface area contributed by atoms with E-state index in [0.717, 1.165) is 28.5 Å². The largest absolute Gasteiger partial charge is 0.375 e. The lowest BCUT2D eigenvalue weighted by Gasteiger charge is -2.05. The highest BCUT2D eigenvalue weighted by Gasteiger charge is 2.05. The Balaban J connectivity index is 2.10. The first-order valence-corrected chi connectivity index (χ1v) is 6.69. The number of nitrogens with one attached hydrogen (secondary N) is 1. The Kier molecular flexibility index (Phi) is 4.70. The first-order valence-electron chi connectivity index (χ1n) is 5.91. The number of hydrogen-bond acceptors (Lipinski definition) is 3. The van der Waals surface area contributed by atoms with Crippen molar-refractivity contribution in [3.8, 4) is 0 Å². The Bertz CT molecular complexity index is 633. The van der Waals surface area contributed by atoms with Crippen molar-refractivity contribution in [1.82, 2.24) is 15.0 Å². The lowest BCUT2D eigenvalue weighted by atomic mass is 10.2. The highest BCUT2D eigenvalue weighted by atomic mass is 35.5. The summed E-state index contributed by atoms with van der Waals surface area (Å²) in [6, 6.07) is 7.73. The second-order valence-electron chi connectivity index (χ2n) is 4.20. The molecule has 1 heterocycles. The van der Waals surface area contributed by atoms with E-state index < -0.39 is 0 Å². The van der Waals surface area contributed by atoms with Crippen molar-refractivity contribution in [2.24, 2.45) is 10.8 Å². The summed E-state index contributed by atoms with van der Waals surface area (Å²) in [5.41, 5.74) is 10.7. The molecule has 0 amide bonds. The van der Waals surface area contributed by atoms with Crippen LogP contribution >= 0.6 is 23.8 Å². The molecule has 0 saturated heterocycles. The molecule has 1 aromatic carbocycles. The molecule has 0 bridgehead atoms. The quantitative estimate of drug-likeness (QED) is 0.515. The number of halogens is 1. The molecule has 0 spiro atoms. The van der Waals surface area contributed by atoms with Gasteiger partial charge in [-0.05, 0) is 36.8 Å². The summed E-state index contributed by atoms with van der Waals surface area (Å²) in [6.45, 7) is 2.71. The summed E-state index contributed by atoms with van der Waals surface area (Å²) >= 11 is 10.5. The Labute approximate surface area is 127 Å². The third-order valence-corrected chi connectivity index (χ3v) is 3.11. The van der Waals surface area contributed by atoms with Crippen LogP contribution in [-0.4, -0.2) is 20.9 Å². The summed E-state index contributed by atoms with van der Waals surface area (Å²) in [5.74, 6) is 0. The van der Waals surface area contributed by atoms with Crippen LogP contribution in [0.3, 0.4) is 0 Å². The molecule has 0 radical (unpaired) electrons. The van der Waals surface area contributed by atoms with Crippen LogP contribution in [0.15, 0.2) is 35.7 Å². The van der Waals surface area contributed by atoms with Crippen LogP contribution < -0.4 is 11.2 Å². The minimum atomic E-state index is 0.125. The number of aromatic nitrogens is 2. The van der Waals surface area contributed by atoms with E-state index in [4.69, 9.17) is 17.3 Å². The van der Waals surface area contributed by atoms with Gasteiger partial charge in [0.15, 0.2) is 5.11 Å². The van der Waals surface area contributed by atoms with Gasteiger partial charge in [-0.3, -0.25) is 5.43 Å². The fourth-order valence-corrected chi connectivity index (χ4v) is 1.87. The minimum absolute atomic E-state index is 0.125. The Morgan fingerprint density at radius 2 is 2.20 bits per heavy atom. The zero-order valence-electron chi connectivity index (χ0n) is 10.9. The van der Waals surface area contributed by atoms with Gasteiger partial charge in [-0.25, -0.2) is 4.98 Å². The first-order chi connectivity index (χ1) is 9.56. The number of benzene rings is 1. The normalized spacial score (nSPS) is 10.9. The number of rotatable bonds is 4. The molecule has 0 aliphatic heterocycles. The van der Waals surface area contributed by atoms with Gasteiger partial charge in [0.1, 0.15) is 5.69 Å². The molecule has 0 fully saturated rings. The van der Waals surface area contributed by atoms with E-state index in [-0.39, 0.29) is 5.11 Å². The molecule has 2 rings (SSSR count). The highest BCUT2D eigenvalue weighted by Crippen LogP contribution is 2.12. The third-order valence-electron chi connectivity index (χ3n) is 2.77. The summed E-state index contributed by atoms with van der Waals surface area (Å²) in [5, 5.41) is 4.75. The number of hydrazone groups is 1. The maximum atomic E-state index is 5.87. The average molecular weight is 308 g/mol. The average Bonchev–Trinajstić information content (AvgIpc) is 2.74. The van der Waals surface area contributed by atoms with Crippen LogP contribution in [0.2, 0.25) is 5.02 Å². The van der Waals surface area contributed by atoms with Crippen molar-refractivity contribution in [2.75, 3.05) is 0 Å². The molecule has 7 heteroatoms. The van der Waals surface area contributed by atoms with Gasteiger partial charge in [-0.15, -0.1) is 0 Å². The maximum absolute atomic E-state index is 5.87. The fourth-order valence-electron chi connectivity index (χ4n) is 1.69. The summed E-state index contributed by atoms with van der Waals surface area (Å²) in [7, 11) is 0. The molecular formula is C13H14ClN5S. The zero-order valence-corrected chi connectivity index (χ0v) is 12.4. The van der Waals surface area contributed by atoms with Gasteiger partial charge in [0.25, 0.3) is 0 Å². The molecule has 0 aliphatic rings. The molecule has 5 nitrogen and oxygen atoms in total. The van der Waals surface area contributed by atoms with Crippen LogP contribution in [0, 0.1) is 6.92 Å². The van der Waals surface area contributed by atoms with Gasteiger partial charge in [0.05, 0.1) is 12.5 Å². The number of hydrogen-bond donors (Lipinski definition) is 2. The number of nitrogens with zero attached hydrogens (tertiary/aromatic N) is 3. The molecule has 20 heavy (non-hydrogen) atoms. The van der Waals surface area contributed by atoms with Gasteiger partial charge >= 0.3 is 0 Å². The van der Waals surface area contributed by atoms with Crippen molar-refractivity contribution in [1.29, 1.82) is 0 Å². The predicted octanol–water partition coefficient (Wildman–Crippen LogP) is 2.06. The maximum Gasteiger partial charge on any atom is 0.184 e. The molecule has 0 unspecified atom stereocenters. The number of imidazole rings is 1. The Morgan fingerprint density at radius 1 is 1.50 bits per heavy atom. The van der Waals surface area contributed by atoms with E-state index in [1.54, 1.807) is 12.5 Å². The van der Waals surface area contributed by atoms with E-state index in [1.807, 2.05) is 35.8 Å². The van der Waals surface area contributed by atoms with Crippen LogP contribution in [0.4, 0.5) is 0 Å². The molecule has 2 aromatic rings. The van der Waals surface area contributed by atoms with Crippen molar-refractivity contribution in [2.45, 2.75) is 13.5 Å². The summed E-state index contributed by atoms with van der Waals surface area (Å²) in [6.07, 6.45) is 3.36. The Hall–Kier alpha value is -1.92. The monoisotopic (exact) mass is 307 g/mol. The standard InChI is InChI=1S/C13H14ClN5S/c1-9-12(6-17-18-13(15)20)16-8-19(9)7-10-2-4-11(14)5-3-10/h2-6,8H,7H2,1H3,(H3,15,18,20). The molecule has 3 N–H and O–H groups in total. The van der Waals surface area contributed by atoms with Crippen molar-refractivity contribution in [3.63, 3.8) is 0 Å². The van der Waals surface area contributed by atoms with E-state index >= 15 is 0 Å². The fraction of sp³-hybridized carbons (Fsp3) is 0.154. The predicted molar refractivity (Wildman–Crippen MR) is 85.0 cm³/mol. The second kappa shape index (κ2) is 6.49. The molecule has 0 atom stereocenters.